The van der Waals surface area contributed by atoms with Crippen LogP contribution < -0.4 is 0 Å². The third-order valence-electron chi connectivity index (χ3n) is 4.04. The standard InChI is InChI=1S/C17H18N6O3/c1-20(11-15-7-8-18-21(15)2)17(24)14-5-3-13(4-6-14)10-22-12-16(9-19-22)23(25)26/h3-9,12H,10-11H2,1-2H3. The van der Waals surface area contributed by atoms with E-state index in [9.17, 15) is 14.9 Å². The Balaban J connectivity index is 1.65. The second-order valence-electron chi connectivity index (χ2n) is 5.96. The number of nitrogens with zero attached hydrogens (tertiary/aromatic N) is 6. The molecule has 1 aromatic carbocycles. The van der Waals surface area contributed by atoms with E-state index in [0.29, 0.717) is 18.7 Å². The molecule has 0 N–H and O–H groups in total. The molecule has 0 aliphatic rings. The minimum Gasteiger partial charge on any atom is -0.336 e. The van der Waals surface area contributed by atoms with Crippen molar-refractivity contribution >= 4 is 11.6 Å². The Morgan fingerprint density at radius 2 is 1.96 bits per heavy atom. The van der Waals surface area contributed by atoms with Gasteiger partial charge in [-0.1, -0.05) is 12.1 Å². The molecule has 0 fully saturated rings. The molecule has 2 aromatic heterocycles. The summed E-state index contributed by atoms with van der Waals surface area (Å²) in [5.41, 5.74) is 2.37. The van der Waals surface area contributed by atoms with E-state index in [-0.39, 0.29) is 11.6 Å². The molecule has 0 aliphatic heterocycles. The van der Waals surface area contributed by atoms with Gasteiger partial charge in [-0.05, 0) is 23.8 Å². The smallest absolute Gasteiger partial charge is 0.307 e. The van der Waals surface area contributed by atoms with Crippen molar-refractivity contribution in [3.63, 3.8) is 0 Å². The molecular weight excluding hydrogens is 336 g/mol. The first kappa shape index (κ1) is 17.3. The molecule has 0 aliphatic carbocycles. The Bertz CT molecular complexity index is 928. The summed E-state index contributed by atoms with van der Waals surface area (Å²) >= 11 is 0. The van der Waals surface area contributed by atoms with Crippen molar-refractivity contribution < 1.29 is 9.72 Å². The van der Waals surface area contributed by atoms with E-state index in [1.54, 1.807) is 35.0 Å². The number of nitro groups is 1. The van der Waals surface area contributed by atoms with Gasteiger partial charge in [0.15, 0.2) is 0 Å². The first-order valence-corrected chi connectivity index (χ1v) is 7.92. The molecule has 0 bridgehead atoms. The summed E-state index contributed by atoms with van der Waals surface area (Å²) in [5.74, 6) is -0.0903. The van der Waals surface area contributed by atoms with Gasteiger partial charge in [-0.3, -0.25) is 24.3 Å². The quantitative estimate of drug-likeness (QED) is 0.497. The first-order valence-electron chi connectivity index (χ1n) is 7.92. The SMILES string of the molecule is CN(Cc1ccnn1C)C(=O)c1ccc(Cn2cc([N+](=O)[O-])cn2)cc1. The van der Waals surface area contributed by atoms with Crippen molar-refractivity contribution in [3.05, 3.63) is 75.9 Å². The van der Waals surface area contributed by atoms with Gasteiger partial charge >= 0.3 is 5.69 Å². The van der Waals surface area contributed by atoms with Crippen molar-refractivity contribution in [2.45, 2.75) is 13.1 Å². The summed E-state index contributed by atoms with van der Waals surface area (Å²) in [6.45, 7) is 0.862. The zero-order valence-corrected chi connectivity index (χ0v) is 14.4. The number of carbonyl (C=O) groups excluding carboxylic acids is 1. The molecule has 1 amide bonds. The van der Waals surface area contributed by atoms with Crippen LogP contribution in [0.1, 0.15) is 21.6 Å². The Kier molecular flexibility index (Phi) is 4.78. The summed E-state index contributed by atoms with van der Waals surface area (Å²) in [7, 11) is 3.58. The van der Waals surface area contributed by atoms with Crippen LogP contribution in [-0.4, -0.2) is 42.3 Å². The maximum absolute atomic E-state index is 12.5. The third kappa shape index (κ3) is 3.77. The Morgan fingerprint density at radius 3 is 2.54 bits per heavy atom. The lowest BCUT2D eigenvalue weighted by molar-refractivity contribution is -0.385. The highest BCUT2D eigenvalue weighted by Crippen LogP contribution is 2.13. The number of benzene rings is 1. The predicted octanol–water partition coefficient (Wildman–Crippen LogP) is 1.85. The second-order valence-corrected chi connectivity index (χ2v) is 5.96. The van der Waals surface area contributed by atoms with Gasteiger partial charge in [0.05, 0.1) is 23.7 Å². The van der Waals surface area contributed by atoms with Gasteiger partial charge in [0.1, 0.15) is 12.4 Å². The van der Waals surface area contributed by atoms with Crippen LogP contribution in [0.4, 0.5) is 5.69 Å². The van der Waals surface area contributed by atoms with E-state index in [2.05, 4.69) is 10.2 Å². The predicted molar refractivity (Wildman–Crippen MR) is 93.4 cm³/mol. The normalized spacial score (nSPS) is 10.7. The molecule has 0 saturated carbocycles. The maximum atomic E-state index is 12.5. The monoisotopic (exact) mass is 354 g/mol. The number of aromatic nitrogens is 4. The van der Waals surface area contributed by atoms with Crippen LogP contribution in [0, 0.1) is 10.1 Å². The molecule has 134 valence electrons. The average molecular weight is 354 g/mol. The minimum atomic E-state index is -0.483. The number of rotatable bonds is 6. The summed E-state index contributed by atoms with van der Waals surface area (Å²) in [6.07, 6.45) is 4.29. The van der Waals surface area contributed by atoms with Crippen LogP contribution in [0.15, 0.2) is 48.9 Å². The largest absolute Gasteiger partial charge is 0.336 e. The summed E-state index contributed by atoms with van der Waals surface area (Å²) in [4.78, 5) is 24.4. The van der Waals surface area contributed by atoms with Gasteiger partial charge < -0.3 is 4.90 Å². The first-order chi connectivity index (χ1) is 12.4. The average Bonchev–Trinajstić information content (AvgIpc) is 3.24. The van der Waals surface area contributed by atoms with Crippen LogP contribution >= 0.6 is 0 Å². The topological polar surface area (TPSA) is 99.1 Å². The molecule has 2 heterocycles. The highest BCUT2D eigenvalue weighted by Gasteiger charge is 2.14. The van der Waals surface area contributed by atoms with Gasteiger partial charge in [-0.25, -0.2) is 0 Å². The van der Waals surface area contributed by atoms with E-state index in [1.807, 2.05) is 25.2 Å². The lowest BCUT2D eigenvalue weighted by Gasteiger charge is -2.17. The van der Waals surface area contributed by atoms with Gasteiger partial charge in [0, 0.05) is 25.9 Å². The van der Waals surface area contributed by atoms with Gasteiger partial charge in [-0.2, -0.15) is 10.2 Å². The fourth-order valence-electron chi connectivity index (χ4n) is 2.56. The zero-order valence-electron chi connectivity index (χ0n) is 14.4. The molecule has 26 heavy (non-hydrogen) atoms. The van der Waals surface area contributed by atoms with Crippen molar-refractivity contribution in [3.8, 4) is 0 Å². The Hall–Kier alpha value is -3.49. The van der Waals surface area contributed by atoms with Crippen molar-refractivity contribution in [1.29, 1.82) is 0 Å². The second kappa shape index (κ2) is 7.18. The number of carbonyl (C=O) groups is 1. The lowest BCUT2D eigenvalue weighted by atomic mass is 10.1. The van der Waals surface area contributed by atoms with Crippen LogP contribution in [0.25, 0.3) is 0 Å². The van der Waals surface area contributed by atoms with Crippen molar-refractivity contribution in [1.82, 2.24) is 24.5 Å². The van der Waals surface area contributed by atoms with Crippen LogP contribution in [0.3, 0.4) is 0 Å². The van der Waals surface area contributed by atoms with Crippen molar-refractivity contribution in [2.75, 3.05) is 7.05 Å². The van der Waals surface area contributed by atoms with Crippen molar-refractivity contribution in [2.24, 2.45) is 7.05 Å². The Morgan fingerprint density at radius 1 is 1.23 bits per heavy atom. The van der Waals surface area contributed by atoms with E-state index in [1.165, 1.54) is 17.1 Å². The minimum absolute atomic E-state index is 0.0476. The summed E-state index contributed by atoms with van der Waals surface area (Å²) in [6, 6.07) is 9.00. The van der Waals surface area contributed by atoms with E-state index in [4.69, 9.17) is 0 Å². The van der Waals surface area contributed by atoms with E-state index < -0.39 is 4.92 Å². The molecule has 9 nitrogen and oxygen atoms in total. The fourth-order valence-corrected chi connectivity index (χ4v) is 2.56. The highest BCUT2D eigenvalue weighted by molar-refractivity contribution is 5.94. The summed E-state index contributed by atoms with van der Waals surface area (Å²) in [5, 5.41) is 18.7. The molecule has 3 aromatic rings. The third-order valence-corrected chi connectivity index (χ3v) is 4.04. The van der Waals surface area contributed by atoms with Gasteiger partial charge in [0.2, 0.25) is 0 Å². The number of amides is 1. The van der Waals surface area contributed by atoms with Crippen LogP contribution in [0.5, 0.6) is 0 Å². The molecule has 9 heteroatoms. The zero-order chi connectivity index (χ0) is 18.7. The van der Waals surface area contributed by atoms with Crippen LogP contribution in [0.2, 0.25) is 0 Å². The van der Waals surface area contributed by atoms with Gasteiger partial charge in [-0.15, -0.1) is 0 Å². The molecule has 3 rings (SSSR count). The molecule has 0 saturated heterocycles. The molecule has 0 spiro atoms. The number of aryl methyl sites for hydroxylation is 1. The fraction of sp³-hybridized carbons (Fsp3) is 0.235. The number of hydrogen-bond acceptors (Lipinski definition) is 5. The van der Waals surface area contributed by atoms with Gasteiger partial charge in [0.25, 0.3) is 5.91 Å². The molecule has 0 radical (unpaired) electrons. The lowest BCUT2D eigenvalue weighted by Crippen LogP contribution is -2.27. The van der Waals surface area contributed by atoms with Crippen LogP contribution in [-0.2, 0) is 20.1 Å². The molecule has 0 unspecified atom stereocenters. The highest BCUT2D eigenvalue weighted by atomic mass is 16.6. The summed E-state index contributed by atoms with van der Waals surface area (Å²) < 4.78 is 3.22. The molecular formula is C17H18N6O3. The Labute approximate surface area is 149 Å². The van der Waals surface area contributed by atoms with E-state index in [0.717, 1.165) is 11.3 Å². The van der Waals surface area contributed by atoms with E-state index >= 15 is 0 Å². The number of hydrogen-bond donors (Lipinski definition) is 0. The molecule has 0 atom stereocenters. The maximum Gasteiger partial charge on any atom is 0.307 e.